The van der Waals surface area contributed by atoms with E-state index < -0.39 is 5.97 Å². The van der Waals surface area contributed by atoms with Gasteiger partial charge in [-0.3, -0.25) is 9.78 Å². The Morgan fingerprint density at radius 3 is 2.67 bits per heavy atom. The molecule has 0 unspecified atom stereocenters. The number of nitrogens with zero attached hydrogens (tertiary/aromatic N) is 2. The van der Waals surface area contributed by atoms with Gasteiger partial charge in [0, 0.05) is 5.56 Å². The summed E-state index contributed by atoms with van der Waals surface area (Å²) >= 11 is 1.17. The SMILES string of the molecule is Cc1ccc(-c2cncc(SCC(=O)O)n2)cc1. The second-order valence-electron chi connectivity index (χ2n) is 3.79. The second-order valence-corrected chi connectivity index (χ2v) is 4.79. The first-order chi connectivity index (χ1) is 8.65. The molecule has 0 bridgehead atoms. The molecule has 4 nitrogen and oxygen atoms in total. The van der Waals surface area contributed by atoms with Crippen molar-refractivity contribution in [3.8, 4) is 11.3 Å². The van der Waals surface area contributed by atoms with E-state index in [-0.39, 0.29) is 5.75 Å². The number of hydrogen-bond acceptors (Lipinski definition) is 4. The Bertz CT molecular complexity index is 555. The number of rotatable bonds is 4. The molecule has 18 heavy (non-hydrogen) atoms. The largest absolute Gasteiger partial charge is 0.481 e. The van der Waals surface area contributed by atoms with Crippen LogP contribution in [0.1, 0.15) is 5.56 Å². The monoisotopic (exact) mass is 260 g/mol. The van der Waals surface area contributed by atoms with Gasteiger partial charge in [0.25, 0.3) is 0 Å². The number of thioether (sulfide) groups is 1. The molecule has 0 aliphatic rings. The predicted octanol–water partition coefficient (Wildman–Crippen LogP) is 2.63. The van der Waals surface area contributed by atoms with Crippen molar-refractivity contribution in [1.29, 1.82) is 0 Å². The lowest BCUT2D eigenvalue weighted by Crippen LogP contribution is -1.98. The van der Waals surface area contributed by atoms with Crippen molar-refractivity contribution in [1.82, 2.24) is 9.97 Å². The first-order valence-corrected chi connectivity index (χ1v) is 6.37. The topological polar surface area (TPSA) is 63.1 Å². The maximum absolute atomic E-state index is 10.5. The molecule has 0 atom stereocenters. The summed E-state index contributed by atoms with van der Waals surface area (Å²) in [7, 11) is 0. The van der Waals surface area contributed by atoms with Crippen molar-refractivity contribution in [2.24, 2.45) is 0 Å². The Morgan fingerprint density at radius 1 is 1.28 bits per heavy atom. The number of aryl methyl sites for hydroxylation is 1. The lowest BCUT2D eigenvalue weighted by molar-refractivity contribution is -0.133. The van der Waals surface area contributed by atoms with E-state index in [1.54, 1.807) is 12.4 Å². The third-order valence-corrected chi connectivity index (χ3v) is 3.19. The highest BCUT2D eigenvalue weighted by Crippen LogP contribution is 2.20. The van der Waals surface area contributed by atoms with Gasteiger partial charge in [-0.25, -0.2) is 4.98 Å². The fraction of sp³-hybridized carbons (Fsp3) is 0.154. The van der Waals surface area contributed by atoms with Gasteiger partial charge >= 0.3 is 5.97 Å². The van der Waals surface area contributed by atoms with Gasteiger partial charge in [-0.1, -0.05) is 41.6 Å². The van der Waals surface area contributed by atoms with Gasteiger partial charge in [-0.15, -0.1) is 0 Å². The molecule has 0 amide bonds. The first kappa shape index (κ1) is 12.6. The first-order valence-electron chi connectivity index (χ1n) is 5.39. The van der Waals surface area contributed by atoms with Crippen LogP contribution in [-0.4, -0.2) is 26.8 Å². The van der Waals surface area contributed by atoms with Crippen molar-refractivity contribution in [3.05, 3.63) is 42.2 Å². The number of hydrogen-bond donors (Lipinski definition) is 1. The number of aromatic nitrogens is 2. The quantitative estimate of drug-likeness (QED) is 0.856. The summed E-state index contributed by atoms with van der Waals surface area (Å²) in [5.74, 6) is -0.867. The number of carboxylic acids is 1. The molecule has 0 saturated heterocycles. The lowest BCUT2D eigenvalue weighted by atomic mass is 10.1. The van der Waals surface area contributed by atoms with Crippen LogP contribution in [0.25, 0.3) is 11.3 Å². The van der Waals surface area contributed by atoms with Gasteiger partial charge in [-0.05, 0) is 6.92 Å². The van der Waals surface area contributed by atoms with Crippen LogP contribution in [0.4, 0.5) is 0 Å². The molecule has 0 fully saturated rings. The van der Waals surface area contributed by atoms with Crippen LogP contribution in [-0.2, 0) is 4.79 Å². The molecule has 2 rings (SSSR count). The van der Waals surface area contributed by atoms with E-state index in [1.807, 2.05) is 31.2 Å². The number of carbonyl (C=O) groups is 1. The van der Waals surface area contributed by atoms with Crippen LogP contribution in [0.15, 0.2) is 41.7 Å². The molecular weight excluding hydrogens is 248 g/mol. The number of aliphatic carboxylic acids is 1. The molecule has 1 heterocycles. The van der Waals surface area contributed by atoms with E-state index in [1.165, 1.54) is 17.3 Å². The zero-order valence-electron chi connectivity index (χ0n) is 9.83. The van der Waals surface area contributed by atoms with Gasteiger partial charge in [0.05, 0.1) is 23.8 Å². The van der Waals surface area contributed by atoms with E-state index >= 15 is 0 Å². The Kier molecular flexibility index (Phi) is 3.94. The van der Waals surface area contributed by atoms with Crippen LogP contribution in [0.2, 0.25) is 0 Å². The fourth-order valence-electron chi connectivity index (χ4n) is 1.42. The average Bonchev–Trinajstić information content (AvgIpc) is 2.37. The molecule has 1 N–H and O–H groups in total. The summed E-state index contributed by atoms with van der Waals surface area (Å²) in [6.07, 6.45) is 3.25. The predicted molar refractivity (Wildman–Crippen MR) is 70.6 cm³/mol. The Balaban J connectivity index is 2.21. The maximum Gasteiger partial charge on any atom is 0.313 e. The second kappa shape index (κ2) is 5.64. The van der Waals surface area contributed by atoms with E-state index in [0.717, 1.165) is 11.3 Å². The molecule has 0 radical (unpaired) electrons. The zero-order chi connectivity index (χ0) is 13.0. The highest BCUT2D eigenvalue weighted by molar-refractivity contribution is 7.99. The summed E-state index contributed by atoms with van der Waals surface area (Å²) in [6, 6.07) is 7.97. The highest BCUT2D eigenvalue weighted by atomic mass is 32.2. The molecule has 0 saturated carbocycles. The zero-order valence-corrected chi connectivity index (χ0v) is 10.6. The number of carboxylic acid groups (broad SMARTS) is 1. The van der Waals surface area contributed by atoms with E-state index in [2.05, 4.69) is 9.97 Å². The maximum atomic E-state index is 10.5. The van der Waals surface area contributed by atoms with Crippen LogP contribution in [0.3, 0.4) is 0 Å². The Hall–Kier alpha value is -1.88. The standard InChI is InChI=1S/C13H12N2O2S/c1-9-2-4-10(5-3-9)11-6-14-7-12(15-11)18-8-13(16)17/h2-7H,8H2,1H3,(H,16,17). The van der Waals surface area contributed by atoms with E-state index in [0.29, 0.717) is 5.03 Å². The van der Waals surface area contributed by atoms with Crippen molar-refractivity contribution in [2.45, 2.75) is 11.9 Å². The van der Waals surface area contributed by atoms with Crippen LogP contribution in [0.5, 0.6) is 0 Å². The van der Waals surface area contributed by atoms with E-state index in [9.17, 15) is 4.79 Å². The highest BCUT2D eigenvalue weighted by Gasteiger charge is 2.04. The van der Waals surface area contributed by atoms with Crippen LogP contribution >= 0.6 is 11.8 Å². The average molecular weight is 260 g/mol. The lowest BCUT2D eigenvalue weighted by Gasteiger charge is -2.03. The van der Waals surface area contributed by atoms with Crippen LogP contribution in [0, 0.1) is 6.92 Å². The molecule has 1 aromatic heterocycles. The van der Waals surface area contributed by atoms with Gasteiger partial charge in [-0.2, -0.15) is 0 Å². The molecule has 5 heteroatoms. The summed E-state index contributed by atoms with van der Waals surface area (Å²) < 4.78 is 0. The molecule has 0 spiro atoms. The summed E-state index contributed by atoms with van der Waals surface area (Å²) in [5.41, 5.74) is 2.92. The van der Waals surface area contributed by atoms with Gasteiger partial charge < -0.3 is 5.11 Å². The summed E-state index contributed by atoms with van der Waals surface area (Å²) in [4.78, 5) is 19.0. The Morgan fingerprint density at radius 2 is 2.00 bits per heavy atom. The molecule has 0 aliphatic carbocycles. The molecule has 0 aliphatic heterocycles. The third-order valence-electron chi connectivity index (χ3n) is 2.30. The third kappa shape index (κ3) is 3.30. The van der Waals surface area contributed by atoms with Crippen LogP contribution < -0.4 is 0 Å². The molecule has 92 valence electrons. The smallest absolute Gasteiger partial charge is 0.313 e. The minimum absolute atomic E-state index is 0.00791. The van der Waals surface area contributed by atoms with Crippen molar-refractivity contribution < 1.29 is 9.90 Å². The molecule has 1 aromatic carbocycles. The number of benzene rings is 1. The van der Waals surface area contributed by atoms with Crippen molar-refractivity contribution >= 4 is 17.7 Å². The minimum atomic E-state index is -0.859. The Labute approximate surface area is 109 Å². The minimum Gasteiger partial charge on any atom is -0.481 e. The summed E-state index contributed by atoms with van der Waals surface area (Å²) in [5, 5.41) is 9.24. The van der Waals surface area contributed by atoms with Gasteiger partial charge in [0.2, 0.25) is 0 Å². The molecular formula is C13H12N2O2S. The van der Waals surface area contributed by atoms with Crippen molar-refractivity contribution in [3.63, 3.8) is 0 Å². The van der Waals surface area contributed by atoms with Gasteiger partial charge in [0.15, 0.2) is 0 Å². The molecule has 2 aromatic rings. The summed E-state index contributed by atoms with van der Waals surface area (Å²) in [6.45, 7) is 2.02. The fourth-order valence-corrected chi connectivity index (χ4v) is 1.99. The normalized spacial score (nSPS) is 10.3. The van der Waals surface area contributed by atoms with Gasteiger partial charge in [0.1, 0.15) is 5.03 Å². The van der Waals surface area contributed by atoms with E-state index in [4.69, 9.17) is 5.11 Å². The van der Waals surface area contributed by atoms with Crippen molar-refractivity contribution in [2.75, 3.05) is 5.75 Å².